The summed E-state index contributed by atoms with van der Waals surface area (Å²) < 4.78 is 28.6. The third-order valence-corrected chi connectivity index (χ3v) is 3.62. The summed E-state index contributed by atoms with van der Waals surface area (Å²) in [7, 11) is -3.81. The van der Waals surface area contributed by atoms with E-state index in [9.17, 15) is 8.42 Å². The third kappa shape index (κ3) is 2.53. The number of fused-ring (bicyclic) bond motifs is 1. The highest BCUT2D eigenvalue weighted by Crippen LogP contribution is 2.27. The quantitative estimate of drug-likeness (QED) is 0.844. The summed E-state index contributed by atoms with van der Waals surface area (Å²) in [6, 6.07) is 0. The average molecular weight is 283 g/mol. The van der Waals surface area contributed by atoms with E-state index < -0.39 is 10.2 Å². The average Bonchev–Trinajstić information content (AvgIpc) is 2.25. The normalized spacial score (nSPS) is 17.1. The van der Waals surface area contributed by atoms with Gasteiger partial charge >= 0.3 is 10.2 Å². The third-order valence-electron chi connectivity index (χ3n) is 2.73. The van der Waals surface area contributed by atoms with E-state index in [1.807, 2.05) is 27.7 Å². The summed E-state index contributed by atoms with van der Waals surface area (Å²) in [5, 5.41) is 0. The number of hydrogen-bond acceptors (Lipinski definition) is 5. The fourth-order valence-electron chi connectivity index (χ4n) is 1.88. The van der Waals surface area contributed by atoms with Gasteiger partial charge in [0.1, 0.15) is 5.69 Å². The molecule has 1 aliphatic rings. The van der Waals surface area contributed by atoms with E-state index in [4.69, 9.17) is 5.73 Å². The number of nitrogens with two attached hydrogens (primary N) is 1. The molecule has 19 heavy (non-hydrogen) atoms. The van der Waals surface area contributed by atoms with Crippen LogP contribution < -0.4 is 10.5 Å². The van der Waals surface area contributed by atoms with Gasteiger partial charge in [-0.1, -0.05) is 27.7 Å². The minimum absolute atomic E-state index is 0.126. The van der Waals surface area contributed by atoms with Crippen molar-refractivity contribution in [1.82, 2.24) is 9.97 Å². The Kier molecular flexibility index (Phi) is 3.21. The van der Waals surface area contributed by atoms with Gasteiger partial charge in [0.25, 0.3) is 0 Å². The molecule has 1 aliphatic heterocycles. The second-order valence-corrected chi connectivity index (χ2v) is 6.39. The van der Waals surface area contributed by atoms with Gasteiger partial charge in [-0.15, -0.1) is 4.40 Å². The molecule has 8 heteroatoms. The number of nitrogens with one attached hydrogen (secondary N) is 1. The molecule has 3 N–H and O–H groups in total. The fraction of sp³-hybridized carbons (Fsp3) is 0.545. The van der Waals surface area contributed by atoms with Crippen LogP contribution in [0.5, 0.6) is 0 Å². The lowest BCUT2D eigenvalue weighted by molar-refractivity contribution is 0.602. The van der Waals surface area contributed by atoms with Crippen molar-refractivity contribution in [2.24, 2.45) is 10.1 Å². The zero-order valence-corrected chi connectivity index (χ0v) is 12.1. The molecule has 1 aromatic rings. The van der Waals surface area contributed by atoms with Crippen LogP contribution in [0, 0.1) is 0 Å². The Balaban J connectivity index is 2.70. The van der Waals surface area contributed by atoms with Crippen molar-refractivity contribution in [1.29, 1.82) is 0 Å². The molecule has 0 fully saturated rings. The minimum atomic E-state index is -3.81. The van der Waals surface area contributed by atoms with Crippen LogP contribution in [0.2, 0.25) is 0 Å². The first kappa shape index (κ1) is 13.7. The van der Waals surface area contributed by atoms with Gasteiger partial charge in [-0.2, -0.15) is 8.42 Å². The smallest absolute Gasteiger partial charge is 0.345 e. The molecule has 0 aliphatic carbocycles. The standard InChI is InChI=1S/C11H17N5O2S/c1-5(2)7-8(6(3)4)14-11-9(13-7)10(12)15-19(17,18)16-11/h5-6H,1-4H3,(H2,12,15)(H,14,16). The Bertz CT molecular complexity index is 649. The van der Waals surface area contributed by atoms with Crippen LogP contribution in [0.4, 0.5) is 5.82 Å². The maximum absolute atomic E-state index is 11.5. The molecular formula is C11H17N5O2S. The molecule has 104 valence electrons. The van der Waals surface area contributed by atoms with E-state index in [1.165, 1.54) is 0 Å². The summed E-state index contributed by atoms with van der Waals surface area (Å²) in [5.74, 6) is 0.334. The number of rotatable bonds is 2. The summed E-state index contributed by atoms with van der Waals surface area (Å²) in [5.41, 5.74) is 7.52. The molecular weight excluding hydrogens is 266 g/mol. The van der Waals surface area contributed by atoms with Crippen molar-refractivity contribution in [3.8, 4) is 0 Å². The molecule has 1 aromatic heterocycles. The molecule has 0 unspecified atom stereocenters. The molecule has 0 saturated carbocycles. The topological polar surface area (TPSA) is 110 Å². The Morgan fingerprint density at radius 3 is 2.11 bits per heavy atom. The summed E-state index contributed by atoms with van der Waals surface area (Å²) >= 11 is 0. The first-order chi connectivity index (χ1) is 8.71. The first-order valence-corrected chi connectivity index (χ1v) is 7.45. The Hall–Kier alpha value is -1.70. The number of aromatic nitrogens is 2. The molecule has 0 aromatic carbocycles. The van der Waals surface area contributed by atoms with Crippen LogP contribution in [-0.4, -0.2) is 24.2 Å². The number of anilines is 1. The molecule has 7 nitrogen and oxygen atoms in total. The van der Waals surface area contributed by atoms with Crippen LogP contribution in [-0.2, 0) is 10.2 Å². The lowest BCUT2D eigenvalue weighted by Crippen LogP contribution is -2.29. The first-order valence-electron chi connectivity index (χ1n) is 6.01. The van der Waals surface area contributed by atoms with Crippen molar-refractivity contribution < 1.29 is 8.42 Å². The van der Waals surface area contributed by atoms with Crippen LogP contribution in [0.3, 0.4) is 0 Å². The predicted octanol–water partition coefficient (Wildman–Crippen LogP) is 1.10. The van der Waals surface area contributed by atoms with E-state index in [1.54, 1.807) is 0 Å². The minimum Gasteiger partial charge on any atom is -0.381 e. The SMILES string of the molecule is CC(C)c1nc2c(nc1C(C)C)C(N)=NS(=O)(=O)N2. The Morgan fingerprint density at radius 1 is 1.05 bits per heavy atom. The molecule has 0 amide bonds. The summed E-state index contributed by atoms with van der Waals surface area (Å²) in [6.07, 6.45) is 0. The van der Waals surface area contributed by atoms with E-state index in [-0.39, 0.29) is 23.5 Å². The second kappa shape index (κ2) is 4.44. The second-order valence-electron chi connectivity index (χ2n) is 5.05. The summed E-state index contributed by atoms with van der Waals surface area (Å²) in [6.45, 7) is 7.97. The van der Waals surface area contributed by atoms with Gasteiger partial charge in [-0.05, 0) is 11.8 Å². The Labute approximate surface area is 112 Å². The van der Waals surface area contributed by atoms with E-state index in [0.29, 0.717) is 5.69 Å². The van der Waals surface area contributed by atoms with Crippen molar-refractivity contribution in [2.45, 2.75) is 39.5 Å². The number of nitrogens with zero attached hydrogens (tertiary/aromatic N) is 3. The van der Waals surface area contributed by atoms with E-state index in [2.05, 4.69) is 19.1 Å². The monoisotopic (exact) mass is 283 g/mol. The molecule has 0 bridgehead atoms. The maximum Gasteiger partial charge on any atom is 0.345 e. The van der Waals surface area contributed by atoms with Crippen molar-refractivity contribution >= 4 is 21.9 Å². The van der Waals surface area contributed by atoms with Gasteiger partial charge in [0.05, 0.1) is 11.4 Å². The Morgan fingerprint density at radius 2 is 1.58 bits per heavy atom. The molecule has 2 rings (SSSR count). The van der Waals surface area contributed by atoms with E-state index >= 15 is 0 Å². The molecule has 0 spiro atoms. The molecule has 0 radical (unpaired) electrons. The van der Waals surface area contributed by atoms with Crippen LogP contribution in [0.1, 0.15) is 56.6 Å². The van der Waals surface area contributed by atoms with Gasteiger partial charge in [-0.3, -0.25) is 0 Å². The van der Waals surface area contributed by atoms with Gasteiger partial charge in [0, 0.05) is 0 Å². The van der Waals surface area contributed by atoms with Crippen LogP contribution in [0.15, 0.2) is 4.40 Å². The van der Waals surface area contributed by atoms with Gasteiger partial charge < -0.3 is 5.73 Å². The summed E-state index contributed by atoms with van der Waals surface area (Å²) in [4.78, 5) is 8.80. The lowest BCUT2D eigenvalue weighted by Gasteiger charge is -2.20. The van der Waals surface area contributed by atoms with E-state index in [0.717, 1.165) is 11.4 Å². The fourth-order valence-corrected chi connectivity index (χ4v) is 2.66. The number of hydrogen-bond donors (Lipinski definition) is 2. The molecule has 2 heterocycles. The zero-order chi connectivity index (χ0) is 14.4. The zero-order valence-electron chi connectivity index (χ0n) is 11.3. The van der Waals surface area contributed by atoms with Crippen LogP contribution in [0.25, 0.3) is 0 Å². The van der Waals surface area contributed by atoms with Crippen molar-refractivity contribution in [2.75, 3.05) is 4.72 Å². The maximum atomic E-state index is 11.5. The largest absolute Gasteiger partial charge is 0.381 e. The molecule has 0 saturated heterocycles. The van der Waals surface area contributed by atoms with Gasteiger partial charge in [0.2, 0.25) is 0 Å². The van der Waals surface area contributed by atoms with Crippen molar-refractivity contribution in [3.05, 3.63) is 17.1 Å². The highest BCUT2D eigenvalue weighted by atomic mass is 32.2. The predicted molar refractivity (Wildman–Crippen MR) is 73.5 cm³/mol. The van der Waals surface area contributed by atoms with Crippen LogP contribution >= 0.6 is 0 Å². The molecule has 0 atom stereocenters. The lowest BCUT2D eigenvalue weighted by atomic mass is 10.00. The van der Waals surface area contributed by atoms with Crippen molar-refractivity contribution in [3.63, 3.8) is 0 Å². The highest BCUT2D eigenvalue weighted by molar-refractivity contribution is 7.91. The van der Waals surface area contributed by atoms with Gasteiger partial charge in [0.15, 0.2) is 11.7 Å². The highest BCUT2D eigenvalue weighted by Gasteiger charge is 2.27. The van der Waals surface area contributed by atoms with Gasteiger partial charge in [-0.25, -0.2) is 14.7 Å². The number of amidine groups is 1.